The fourth-order valence-corrected chi connectivity index (χ4v) is 11.0. The van der Waals surface area contributed by atoms with Crippen molar-refractivity contribution < 1.29 is 4.74 Å². The maximum absolute atomic E-state index is 6.29. The van der Waals surface area contributed by atoms with Crippen LogP contribution in [0.1, 0.15) is 80.2 Å². The van der Waals surface area contributed by atoms with Crippen LogP contribution in [-0.4, -0.2) is 14.7 Å². The zero-order valence-electron chi connectivity index (χ0n) is 28.4. The van der Waals surface area contributed by atoms with Crippen LogP contribution in [0.3, 0.4) is 0 Å². The Hall–Kier alpha value is -4.14. The molecule has 6 rings (SSSR count). The van der Waals surface area contributed by atoms with Gasteiger partial charge in [-0.3, -0.25) is 0 Å². The van der Waals surface area contributed by atoms with Gasteiger partial charge in [0.1, 0.15) is 12.4 Å². The van der Waals surface area contributed by atoms with E-state index in [1.165, 1.54) is 60.8 Å². The fraction of sp³-hybridized carbons (Fsp3) is 0.273. The number of para-hydroxylation sites is 1. The molecular formula is C44H48OSi. The van der Waals surface area contributed by atoms with Crippen molar-refractivity contribution in [1.29, 1.82) is 0 Å². The lowest BCUT2D eigenvalue weighted by Gasteiger charge is -2.33. The summed E-state index contributed by atoms with van der Waals surface area (Å²) >= 11 is 0. The van der Waals surface area contributed by atoms with E-state index in [-0.39, 0.29) is 5.54 Å². The molecule has 0 bridgehead atoms. The van der Waals surface area contributed by atoms with E-state index >= 15 is 0 Å². The Balaban J connectivity index is 1.49. The quantitative estimate of drug-likeness (QED) is 0.105. The van der Waals surface area contributed by atoms with Gasteiger partial charge in [-0.2, -0.15) is 0 Å². The molecule has 0 fully saturated rings. The van der Waals surface area contributed by atoms with E-state index in [1.807, 2.05) is 6.08 Å². The molecular weight excluding hydrogens is 573 g/mol. The summed E-state index contributed by atoms with van der Waals surface area (Å²) in [6.45, 7) is 18.6. The highest BCUT2D eigenvalue weighted by atomic mass is 28.3. The van der Waals surface area contributed by atoms with Crippen LogP contribution in [0.4, 0.5) is 0 Å². The Morgan fingerprint density at radius 3 is 1.57 bits per heavy atom. The van der Waals surface area contributed by atoms with Crippen molar-refractivity contribution in [3.8, 4) is 39.1 Å². The molecule has 0 heterocycles. The van der Waals surface area contributed by atoms with Gasteiger partial charge in [0.2, 0.25) is 0 Å². The monoisotopic (exact) mass is 620 g/mol. The van der Waals surface area contributed by atoms with Crippen molar-refractivity contribution >= 4 is 13.3 Å². The molecule has 0 aromatic heterocycles. The van der Waals surface area contributed by atoms with Crippen LogP contribution >= 0.6 is 0 Å². The maximum Gasteiger partial charge on any atom is 0.119 e. The summed E-state index contributed by atoms with van der Waals surface area (Å²) in [6, 6.07) is 41.5. The van der Waals surface area contributed by atoms with Crippen LogP contribution in [-0.2, 0) is 0 Å². The van der Waals surface area contributed by atoms with Gasteiger partial charge < -0.3 is 4.74 Å². The summed E-state index contributed by atoms with van der Waals surface area (Å²) in [5, 5.41) is 1.35. The summed E-state index contributed by atoms with van der Waals surface area (Å²) in [4.78, 5) is 0. The Kier molecular flexibility index (Phi) is 9.20. The molecule has 2 unspecified atom stereocenters. The molecule has 234 valence electrons. The van der Waals surface area contributed by atoms with Gasteiger partial charge in [0.15, 0.2) is 0 Å². The SMILES string of the molecule is C=CCOc1ccccc1[Si](C)(C)C1c2cc(-c3ccc(C(C)CC)cc3)ccc2-c2ccc(-c3ccc(C(C)CC)cc3)cc21. The van der Waals surface area contributed by atoms with Gasteiger partial charge in [0.25, 0.3) is 0 Å². The van der Waals surface area contributed by atoms with Gasteiger partial charge in [-0.25, -0.2) is 0 Å². The lowest BCUT2D eigenvalue weighted by molar-refractivity contribution is 0.366. The average Bonchev–Trinajstić information content (AvgIpc) is 3.44. The molecule has 2 heteroatoms. The first kappa shape index (κ1) is 31.8. The van der Waals surface area contributed by atoms with E-state index in [0.29, 0.717) is 18.4 Å². The van der Waals surface area contributed by atoms with E-state index in [1.54, 1.807) is 0 Å². The van der Waals surface area contributed by atoms with Crippen LogP contribution in [0.15, 0.2) is 122 Å². The molecule has 0 N–H and O–H groups in total. The van der Waals surface area contributed by atoms with Crippen molar-refractivity contribution in [2.24, 2.45) is 0 Å². The highest BCUT2D eigenvalue weighted by molar-refractivity contribution is 6.92. The number of fused-ring (bicyclic) bond motifs is 3. The smallest absolute Gasteiger partial charge is 0.119 e. The summed E-state index contributed by atoms with van der Waals surface area (Å²) < 4.78 is 6.29. The van der Waals surface area contributed by atoms with Gasteiger partial charge in [-0.1, -0.05) is 157 Å². The molecule has 0 radical (unpaired) electrons. The third-order valence-corrected chi connectivity index (χ3v) is 14.4. The molecule has 1 aliphatic carbocycles. The topological polar surface area (TPSA) is 9.23 Å². The summed E-state index contributed by atoms with van der Waals surface area (Å²) in [6.07, 6.45) is 4.14. The molecule has 0 amide bonds. The molecule has 5 aromatic rings. The average molecular weight is 621 g/mol. The minimum atomic E-state index is -2.21. The van der Waals surface area contributed by atoms with Crippen molar-refractivity contribution in [3.05, 3.63) is 144 Å². The Labute approximate surface area is 278 Å². The highest BCUT2D eigenvalue weighted by Gasteiger charge is 2.43. The molecule has 46 heavy (non-hydrogen) atoms. The molecule has 0 saturated heterocycles. The second-order valence-corrected chi connectivity index (χ2v) is 18.3. The zero-order valence-corrected chi connectivity index (χ0v) is 29.4. The van der Waals surface area contributed by atoms with Crippen LogP contribution in [0.5, 0.6) is 5.75 Å². The van der Waals surface area contributed by atoms with E-state index in [0.717, 1.165) is 18.6 Å². The van der Waals surface area contributed by atoms with Crippen LogP contribution in [0.2, 0.25) is 13.1 Å². The number of hydrogen-bond acceptors (Lipinski definition) is 1. The molecule has 0 aliphatic heterocycles. The molecule has 5 aromatic carbocycles. The third kappa shape index (κ3) is 5.92. The molecule has 1 aliphatic rings. The first-order chi connectivity index (χ1) is 22.3. The number of benzene rings is 5. The Morgan fingerprint density at radius 1 is 0.652 bits per heavy atom. The molecule has 2 atom stereocenters. The lowest BCUT2D eigenvalue weighted by atomic mass is 9.94. The standard InChI is InChI=1S/C44H48OSi/c1-8-27-45-42-13-11-12-14-43(42)46(6,7)44-40-28-36(34-19-15-32(16-20-34)30(4)9-2)23-25-38(40)39-26-24-37(29-41(39)44)35-21-17-33(18-22-35)31(5)10-3/h8,11-26,28-31,44H,1,9-10,27H2,2-7H3. The number of hydrogen-bond donors (Lipinski definition) is 0. The summed E-state index contributed by atoms with van der Waals surface area (Å²) in [5.41, 5.74) is 13.8. The maximum atomic E-state index is 6.29. The number of ether oxygens (including phenoxy) is 1. The van der Waals surface area contributed by atoms with E-state index in [9.17, 15) is 0 Å². The van der Waals surface area contributed by atoms with Crippen molar-refractivity contribution in [1.82, 2.24) is 0 Å². The first-order valence-electron chi connectivity index (χ1n) is 17.1. The normalized spacial score (nSPS) is 15.1. The predicted octanol–water partition coefficient (Wildman–Crippen LogP) is 11.9. The second-order valence-electron chi connectivity index (χ2n) is 13.7. The highest BCUT2D eigenvalue weighted by Crippen LogP contribution is 2.51. The van der Waals surface area contributed by atoms with Crippen LogP contribution < -0.4 is 9.92 Å². The minimum Gasteiger partial charge on any atom is -0.490 e. The lowest BCUT2D eigenvalue weighted by Crippen LogP contribution is -2.48. The molecule has 0 spiro atoms. The van der Waals surface area contributed by atoms with Crippen molar-refractivity contribution in [3.63, 3.8) is 0 Å². The van der Waals surface area contributed by atoms with Crippen molar-refractivity contribution in [2.45, 2.75) is 71.0 Å². The first-order valence-corrected chi connectivity index (χ1v) is 20.2. The summed E-state index contributed by atoms with van der Waals surface area (Å²) in [5.74, 6) is 2.13. The van der Waals surface area contributed by atoms with E-state index < -0.39 is 8.07 Å². The van der Waals surface area contributed by atoms with Gasteiger partial charge >= 0.3 is 0 Å². The Bertz CT molecular complexity index is 1730. The zero-order chi connectivity index (χ0) is 32.4. The fourth-order valence-electron chi connectivity index (χ4n) is 7.31. The largest absolute Gasteiger partial charge is 0.490 e. The van der Waals surface area contributed by atoms with E-state index in [2.05, 4.69) is 157 Å². The number of rotatable bonds is 11. The molecule has 1 nitrogen and oxygen atoms in total. The van der Waals surface area contributed by atoms with Crippen LogP contribution in [0, 0.1) is 0 Å². The van der Waals surface area contributed by atoms with Crippen LogP contribution in [0.25, 0.3) is 33.4 Å². The summed E-state index contributed by atoms with van der Waals surface area (Å²) in [7, 11) is -2.21. The molecule has 0 saturated carbocycles. The van der Waals surface area contributed by atoms with Crippen molar-refractivity contribution in [2.75, 3.05) is 6.61 Å². The Morgan fingerprint density at radius 2 is 1.11 bits per heavy atom. The second kappa shape index (κ2) is 13.3. The van der Waals surface area contributed by atoms with Gasteiger partial charge in [0.05, 0.1) is 8.07 Å². The van der Waals surface area contributed by atoms with E-state index in [4.69, 9.17) is 4.74 Å². The van der Waals surface area contributed by atoms with Gasteiger partial charge in [-0.15, -0.1) is 0 Å². The third-order valence-electron chi connectivity index (χ3n) is 10.5. The predicted molar refractivity (Wildman–Crippen MR) is 201 cm³/mol. The van der Waals surface area contributed by atoms with Gasteiger partial charge in [0, 0.05) is 5.54 Å². The van der Waals surface area contributed by atoms with Gasteiger partial charge in [-0.05, 0) is 91.6 Å². The minimum absolute atomic E-state index is 0.282.